The number of esters is 2. The van der Waals surface area contributed by atoms with Crippen LogP contribution < -0.4 is 5.73 Å². The van der Waals surface area contributed by atoms with Crippen molar-refractivity contribution in [2.75, 3.05) is 0 Å². The van der Waals surface area contributed by atoms with Gasteiger partial charge in [-0.2, -0.15) is 0 Å². The molecule has 0 saturated heterocycles. The maximum absolute atomic E-state index is 11.5. The summed E-state index contributed by atoms with van der Waals surface area (Å²) in [7, 11) is 0. The molecule has 6 heteroatoms. The number of carboxylic acids is 1. The van der Waals surface area contributed by atoms with E-state index in [0.29, 0.717) is 0 Å². The van der Waals surface area contributed by atoms with Crippen molar-refractivity contribution >= 4 is 17.9 Å². The van der Waals surface area contributed by atoms with Crippen LogP contribution in [0.15, 0.2) is 0 Å². The molecule has 3 N–H and O–H groups in total. The molecule has 1 atom stereocenters. The van der Waals surface area contributed by atoms with E-state index in [2.05, 4.69) is 11.7 Å². The minimum absolute atomic E-state index is 0.0279. The number of hydrogen-bond acceptors (Lipinski definition) is 5. The topological polar surface area (TPSA) is 107 Å². The third-order valence-corrected chi connectivity index (χ3v) is 4.19. The molecule has 0 saturated carbocycles. The normalized spacial score (nSPS) is 11.9. The van der Waals surface area contributed by atoms with E-state index in [1.165, 1.54) is 51.4 Å². The van der Waals surface area contributed by atoms with Crippen molar-refractivity contribution in [1.82, 2.24) is 0 Å². The zero-order valence-corrected chi connectivity index (χ0v) is 15.6. The maximum Gasteiger partial charge on any atom is 0.320 e. The highest BCUT2D eigenvalue weighted by Crippen LogP contribution is 2.12. The van der Waals surface area contributed by atoms with E-state index >= 15 is 0 Å². The lowest BCUT2D eigenvalue weighted by molar-refractivity contribution is -0.159. The van der Waals surface area contributed by atoms with Gasteiger partial charge in [0.2, 0.25) is 0 Å². The molecule has 0 rings (SSSR count). The van der Waals surface area contributed by atoms with E-state index < -0.39 is 23.9 Å². The summed E-state index contributed by atoms with van der Waals surface area (Å²) in [4.78, 5) is 33.4. The minimum atomic E-state index is -1.17. The average molecular weight is 357 g/mol. The number of aliphatic carboxylic acids is 1. The van der Waals surface area contributed by atoms with Gasteiger partial charge in [-0.15, -0.1) is 0 Å². The van der Waals surface area contributed by atoms with Gasteiger partial charge < -0.3 is 15.6 Å². The number of hydrogen-bond donors (Lipinski definition) is 2. The molecule has 0 heterocycles. The fourth-order valence-electron chi connectivity index (χ4n) is 2.56. The largest absolute Gasteiger partial charge is 0.480 e. The van der Waals surface area contributed by atoms with E-state index in [0.717, 1.165) is 19.3 Å². The van der Waals surface area contributed by atoms with Crippen molar-refractivity contribution in [3.8, 4) is 0 Å². The molecule has 0 unspecified atom stereocenters. The molecule has 0 aromatic heterocycles. The van der Waals surface area contributed by atoms with E-state index in [4.69, 9.17) is 10.8 Å². The highest BCUT2D eigenvalue weighted by molar-refractivity contribution is 5.85. The Hall–Kier alpha value is -1.43. The summed E-state index contributed by atoms with van der Waals surface area (Å²) in [5.74, 6) is -2.41. The molecule has 0 aliphatic rings. The van der Waals surface area contributed by atoms with Gasteiger partial charge in [0.05, 0.1) is 0 Å². The first-order valence-corrected chi connectivity index (χ1v) is 9.69. The Morgan fingerprint density at radius 2 is 1.24 bits per heavy atom. The van der Waals surface area contributed by atoms with Crippen molar-refractivity contribution in [2.24, 2.45) is 5.73 Å². The van der Waals surface area contributed by atoms with Gasteiger partial charge in [0.1, 0.15) is 6.04 Å². The first kappa shape index (κ1) is 23.6. The second-order valence-electron chi connectivity index (χ2n) is 6.62. The summed E-state index contributed by atoms with van der Waals surface area (Å²) in [5.41, 5.74) is 5.28. The summed E-state index contributed by atoms with van der Waals surface area (Å²) in [6.07, 6.45) is 13.2. The van der Waals surface area contributed by atoms with Crippen molar-refractivity contribution in [3.63, 3.8) is 0 Å². The Kier molecular flexibility index (Phi) is 15.1. The van der Waals surface area contributed by atoms with Crippen molar-refractivity contribution in [3.05, 3.63) is 0 Å². The summed E-state index contributed by atoms with van der Waals surface area (Å²) < 4.78 is 4.65. The van der Waals surface area contributed by atoms with Gasteiger partial charge in [0, 0.05) is 12.8 Å². The molecule has 0 radical (unpaired) electrons. The predicted octanol–water partition coefficient (Wildman–Crippen LogP) is 3.95. The van der Waals surface area contributed by atoms with Gasteiger partial charge in [-0.25, -0.2) is 0 Å². The lowest BCUT2D eigenvalue weighted by Gasteiger charge is -2.06. The van der Waals surface area contributed by atoms with Crippen LogP contribution in [-0.4, -0.2) is 29.1 Å². The standard InChI is InChI=1S/C19H35NO5/c1-2-3-4-5-6-7-8-9-10-11-12-13-17(21)25-18(22)15-14-16(20)19(23)24/h16H,2-15,20H2,1H3,(H,23,24)/t16-/m1/s1. The highest BCUT2D eigenvalue weighted by Gasteiger charge is 2.16. The molecule has 0 spiro atoms. The third kappa shape index (κ3) is 15.8. The minimum Gasteiger partial charge on any atom is -0.480 e. The Bertz CT molecular complexity index is 384. The van der Waals surface area contributed by atoms with Crippen LogP contribution in [0.4, 0.5) is 0 Å². The summed E-state index contributed by atoms with van der Waals surface area (Å²) in [6.45, 7) is 2.22. The SMILES string of the molecule is CCCCCCCCCCCCCC(=O)OC(=O)CC[C@@H](N)C(=O)O. The molecule has 0 amide bonds. The van der Waals surface area contributed by atoms with Crippen LogP contribution in [0.25, 0.3) is 0 Å². The molecule has 146 valence electrons. The second kappa shape index (κ2) is 16.1. The van der Waals surface area contributed by atoms with E-state index in [9.17, 15) is 14.4 Å². The first-order valence-electron chi connectivity index (χ1n) is 9.69. The van der Waals surface area contributed by atoms with E-state index in [1.54, 1.807) is 0 Å². The number of rotatable bonds is 16. The van der Waals surface area contributed by atoms with Crippen molar-refractivity contribution in [2.45, 2.75) is 103 Å². The van der Waals surface area contributed by atoms with Crippen LogP contribution >= 0.6 is 0 Å². The third-order valence-electron chi connectivity index (χ3n) is 4.19. The number of carboxylic acid groups (broad SMARTS) is 1. The Balaban J connectivity index is 3.43. The average Bonchev–Trinajstić information content (AvgIpc) is 2.57. The predicted molar refractivity (Wildman–Crippen MR) is 97.0 cm³/mol. The molecule has 25 heavy (non-hydrogen) atoms. The molecular formula is C19H35NO5. The van der Waals surface area contributed by atoms with Gasteiger partial charge in [0.25, 0.3) is 0 Å². The van der Waals surface area contributed by atoms with Crippen LogP contribution in [0.5, 0.6) is 0 Å². The highest BCUT2D eigenvalue weighted by atomic mass is 16.6. The molecule has 0 aromatic carbocycles. The molecular weight excluding hydrogens is 322 g/mol. The van der Waals surface area contributed by atoms with Crippen molar-refractivity contribution in [1.29, 1.82) is 0 Å². The molecule has 0 fully saturated rings. The van der Waals surface area contributed by atoms with Gasteiger partial charge in [-0.05, 0) is 12.8 Å². The lowest BCUT2D eigenvalue weighted by Crippen LogP contribution is -2.30. The van der Waals surface area contributed by atoms with E-state index in [-0.39, 0.29) is 19.3 Å². The number of carbonyl (C=O) groups excluding carboxylic acids is 2. The molecule has 0 bridgehead atoms. The van der Waals surface area contributed by atoms with Crippen LogP contribution in [0.1, 0.15) is 96.8 Å². The van der Waals surface area contributed by atoms with E-state index in [1.807, 2.05) is 0 Å². The zero-order valence-electron chi connectivity index (χ0n) is 15.6. The Morgan fingerprint density at radius 3 is 1.72 bits per heavy atom. The fraction of sp³-hybridized carbons (Fsp3) is 0.842. The van der Waals surface area contributed by atoms with Gasteiger partial charge in [-0.3, -0.25) is 14.4 Å². The lowest BCUT2D eigenvalue weighted by atomic mass is 10.1. The maximum atomic E-state index is 11.5. The van der Waals surface area contributed by atoms with Gasteiger partial charge in [-0.1, -0.05) is 71.1 Å². The van der Waals surface area contributed by atoms with Crippen molar-refractivity contribution < 1.29 is 24.2 Å². The second-order valence-corrected chi connectivity index (χ2v) is 6.62. The molecule has 0 aliphatic carbocycles. The van der Waals surface area contributed by atoms with Crippen LogP contribution in [-0.2, 0) is 19.1 Å². The summed E-state index contributed by atoms with van der Waals surface area (Å²) >= 11 is 0. The summed E-state index contributed by atoms with van der Waals surface area (Å²) in [6, 6.07) is -1.10. The quantitative estimate of drug-likeness (QED) is 0.246. The smallest absolute Gasteiger partial charge is 0.320 e. The zero-order chi connectivity index (χ0) is 18.9. The Labute approximate surface area is 151 Å². The number of nitrogens with two attached hydrogens (primary N) is 1. The molecule has 0 aliphatic heterocycles. The van der Waals surface area contributed by atoms with Gasteiger partial charge in [0.15, 0.2) is 0 Å². The van der Waals surface area contributed by atoms with Crippen LogP contribution in [0.3, 0.4) is 0 Å². The van der Waals surface area contributed by atoms with Gasteiger partial charge >= 0.3 is 17.9 Å². The number of ether oxygens (including phenoxy) is 1. The van der Waals surface area contributed by atoms with Crippen LogP contribution in [0, 0.1) is 0 Å². The fourth-order valence-corrected chi connectivity index (χ4v) is 2.56. The van der Waals surface area contributed by atoms with Crippen LogP contribution in [0.2, 0.25) is 0 Å². The molecule has 0 aromatic rings. The monoisotopic (exact) mass is 357 g/mol. The molecule has 6 nitrogen and oxygen atoms in total. The number of carbonyl (C=O) groups is 3. The number of unbranched alkanes of at least 4 members (excludes halogenated alkanes) is 10. The summed E-state index contributed by atoms with van der Waals surface area (Å²) in [5, 5.41) is 8.60. The Morgan fingerprint density at radius 1 is 0.800 bits per heavy atom. The first-order chi connectivity index (χ1) is 12.0.